The van der Waals surface area contributed by atoms with Crippen LogP contribution in [-0.2, 0) is 10.0 Å². The van der Waals surface area contributed by atoms with E-state index in [-0.39, 0.29) is 5.92 Å². The van der Waals surface area contributed by atoms with Gasteiger partial charge >= 0.3 is 0 Å². The number of nitrogens with one attached hydrogen (secondary N) is 1. The Labute approximate surface area is 159 Å². The number of aromatic nitrogens is 2. The van der Waals surface area contributed by atoms with E-state index in [2.05, 4.69) is 15.3 Å². The first-order valence-electron chi connectivity index (χ1n) is 8.72. The van der Waals surface area contributed by atoms with Crippen LogP contribution in [0.1, 0.15) is 24.5 Å². The Kier molecular flexibility index (Phi) is 5.93. The Morgan fingerprint density at radius 2 is 1.93 bits per heavy atom. The van der Waals surface area contributed by atoms with Crippen molar-refractivity contribution in [1.29, 1.82) is 0 Å². The number of anilines is 2. The van der Waals surface area contributed by atoms with Gasteiger partial charge in [-0.15, -0.1) is 0 Å². The molecule has 146 valence electrons. The maximum absolute atomic E-state index is 11.7. The van der Waals surface area contributed by atoms with E-state index in [0.717, 1.165) is 11.4 Å². The fraction of sp³-hybridized carbons (Fsp3) is 0.444. The predicted octanol–water partition coefficient (Wildman–Crippen LogP) is 1.93. The van der Waals surface area contributed by atoms with E-state index >= 15 is 0 Å². The largest absolute Gasteiger partial charge is 0.497 e. The van der Waals surface area contributed by atoms with E-state index in [1.807, 2.05) is 24.3 Å². The van der Waals surface area contributed by atoms with Crippen LogP contribution in [0.25, 0.3) is 0 Å². The highest BCUT2D eigenvalue weighted by molar-refractivity contribution is 7.88. The molecule has 1 aromatic carbocycles. The number of aliphatic hydroxyl groups excluding tert-OH is 1. The average molecular weight is 392 g/mol. The molecule has 1 saturated heterocycles. The Balaban J connectivity index is 1.73. The van der Waals surface area contributed by atoms with Crippen molar-refractivity contribution in [2.45, 2.75) is 18.9 Å². The molecule has 9 heteroatoms. The van der Waals surface area contributed by atoms with Crippen molar-refractivity contribution in [3.05, 3.63) is 42.4 Å². The summed E-state index contributed by atoms with van der Waals surface area (Å²) in [6, 6.07) is 7.39. The Bertz CT molecular complexity index is 865. The maximum atomic E-state index is 11.7. The molecule has 1 aliphatic rings. The van der Waals surface area contributed by atoms with E-state index in [9.17, 15) is 13.5 Å². The number of benzene rings is 1. The highest BCUT2D eigenvalue weighted by Crippen LogP contribution is 2.34. The second-order valence-electron chi connectivity index (χ2n) is 6.62. The summed E-state index contributed by atoms with van der Waals surface area (Å²) in [5.74, 6) is 1.24. The maximum Gasteiger partial charge on any atom is 0.211 e. The van der Waals surface area contributed by atoms with Crippen LogP contribution in [0, 0.1) is 5.92 Å². The first kappa shape index (κ1) is 19.5. The molecule has 8 nitrogen and oxygen atoms in total. The van der Waals surface area contributed by atoms with Gasteiger partial charge in [-0.3, -0.25) is 0 Å². The minimum absolute atomic E-state index is 0.0505. The van der Waals surface area contributed by atoms with Gasteiger partial charge in [-0.05, 0) is 43.0 Å². The summed E-state index contributed by atoms with van der Waals surface area (Å²) >= 11 is 0. The number of hydrogen-bond donors (Lipinski definition) is 2. The SMILES string of the molecule is COc1ccc(Nc2ncncc2C(O)C2CCN(S(C)(=O)=O)CC2)cc1. The Hall–Kier alpha value is -2.23. The van der Waals surface area contributed by atoms with Crippen molar-refractivity contribution in [3.8, 4) is 5.75 Å². The van der Waals surface area contributed by atoms with Crippen LogP contribution in [-0.4, -0.2) is 54.3 Å². The number of ether oxygens (including phenoxy) is 1. The summed E-state index contributed by atoms with van der Waals surface area (Å²) < 4.78 is 29.9. The van der Waals surface area contributed by atoms with Crippen molar-refractivity contribution in [2.24, 2.45) is 5.92 Å². The van der Waals surface area contributed by atoms with Crippen molar-refractivity contribution >= 4 is 21.5 Å². The second-order valence-corrected chi connectivity index (χ2v) is 8.61. The zero-order chi connectivity index (χ0) is 19.4. The van der Waals surface area contributed by atoms with E-state index < -0.39 is 16.1 Å². The molecule has 2 heterocycles. The summed E-state index contributed by atoms with van der Waals surface area (Å²) in [7, 11) is -1.58. The highest BCUT2D eigenvalue weighted by atomic mass is 32.2. The lowest BCUT2D eigenvalue weighted by Gasteiger charge is -2.33. The summed E-state index contributed by atoms with van der Waals surface area (Å²) in [6.45, 7) is 0.824. The Morgan fingerprint density at radius 3 is 2.52 bits per heavy atom. The van der Waals surface area contributed by atoms with Crippen molar-refractivity contribution in [3.63, 3.8) is 0 Å². The van der Waals surface area contributed by atoms with Gasteiger partial charge in [0.1, 0.15) is 17.9 Å². The first-order valence-corrected chi connectivity index (χ1v) is 10.6. The number of hydrogen-bond acceptors (Lipinski definition) is 7. The van der Waals surface area contributed by atoms with E-state index in [1.165, 1.54) is 16.9 Å². The topological polar surface area (TPSA) is 105 Å². The lowest BCUT2D eigenvalue weighted by molar-refractivity contribution is 0.0762. The summed E-state index contributed by atoms with van der Waals surface area (Å²) in [5.41, 5.74) is 1.42. The van der Waals surface area contributed by atoms with E-state index in [1.54, 1.807) is 13.3 Å². The molecule has 0 aliphatic carbocycles. The monoisotopic (exact) mass is 392 g/mol. The van der Waals surface area contributed by atoms with Crippen molar-refractivity contribution < 1.29 is 18.3 Å². The predicted molar refractivity (Wildman–Crippen MR) is 102 cm³/mol. The Morgan fingerprint density at radius 1 is 1.26 bits per heavy atom. The fourth-order valence-corrected chi connectivity index (χ4v) is 4.12. The van der Waals surface area contributed by atoms with Gasteiger partial charge in [0.05, 0.1) is 19.5 Å². The van der Waals surface area contributed by atoms with Crippen molar-refractivity contribution in [1.82, 2.24) is 14.3 Å². The first-order chi connectivity index (χ1) is 12.9. The molecule has 3 rings (SSSR count). The average Bonchev–Trinajstić information content (AvgIpc) is 2.68. The third-order valence-electron chi connectivity index (χ3n) is 4.83. The molecule has 1 unspecified atom stereocenters. The lowest BCUT2D eigenvalue weighted by atomic mass is 9.88. The number of sulfonamides is 1. The molecule has 0 radical (unpaired) electrons. The van der Waals surface area contributed by atoms with E-state index in [0.29, 0.717) is 37.3 Å². The van der Waals surface area contributed by atoms with Crippen LogP contribution in [0.4, 0.5) is 11.5 Å². The molecular weight excluding hydrogens is 368 g/mol. The standard InChI is InChI=1S/C18H24N4O4S/c1-26-15-5-3-14(4-6-15)21-18-16(11-19-12-20-18)17(23)13-7-9-22(10-8-13)27(2,24)25/h3-6,11-13,17,23H,7-10H2,1-2H3,(H,19,20,21). The second kappa shape index (κ2) is 8.20. The van der Waals surface area contributed by atoms with Gasteiger partial charge in [-0.2, -0.15) is 0 Å². The van der Waals surface area contributed by atoms with Crippen LogP contribution in [0.2, 0.25) is 0 Å². The van der Waals surface area contributed by atoms with Crippen LogP contribution in [0.3, 0.4) is 0 Å². The smallest absolute Gasteiger partial charge is 0.211 e. The molecule has 2 aromatic rings. The molecular formula is C18H24N4O4S. The zero-order valence-electron chi connectivity index (χ0n) is 15.4. The fourth-order valence-electron chi connectivity index (χ4n) is 3.25. The van der Waals surface area contributed by atoms with Gasteiger partial charge in [-0.25, -0.2) is 22.7 Å². The normalized spacial score (nSPS) is 17.4. The van der Waals surface area contributed by atoms with Crippen LogP contribution in [0.15, 0.2) is 36.8 Å². The van der Waals surface area contributed by atoms with Gasteiger partial charge < -0.3 is 15.2 Å². The van der Waals surface area contributed by atoms with E-state index in [4.69, 9.17) is 4.74 Å². The number of aliphatic hydroxyl groups is 1. The molecule has 2 N–H and O–H groups in total. The lowest BCUT2D eigenvalue weighted by Crippen LogP contribution is -2.39. The number of rotatable bonds is 6. The quantitative estimate of drug-likeness (QED) is 0.774. The van der Waals surface area contributed by atoms with Gasteiger partial charge in [0.25, 0.3) is 0 Å². The van der Waals surface area contributed by atoms with Crippen LogP contribution < -0.4 is 10.1 Å². The third kappa shape index (κ3) is 4.74. The third-order valence-corrected chi connectivity index (χ3v) is 6.13. The van der Waals surface area contributed by atoms with Crippen LogP contribution in [0.5, 0.6) is 5.75 Å². The minimum atomic E-state index is -3.19. The minimum Gasteiger partial charge on any atom is -0.497 e. The molecule has 1 fully saturated rings. The molecule has 0 saturated carbocycles. The van der Waals surface area contributed by atoms with Crippen LogP contribution >= 0.6 is 0 Å². The molecule has 1 aliphatic heterocycles. The van der Waals surface area contributed by atoms with Gasteiger partial charge in [0, 0.05) is 30.5 Å². The number of methoxy groups -OCH3 is 1. The molecule has 0 bridgehead atoms. The molecule has 27 heavy (non-hydrogen) atoms. The number of nitrogens with zero attached hydrogens (tertiary/aromatic N) is 3. The highest BCUT2D eigenvalue weighted by Gasteiger charge is 2.31. The van der Waals surface area contributed by atoms with Gasteiger partial charge in [-0.1, -0.05) is 0 Å². The van der Waals surface area contributed by atoms with Gasteiger partial charge in [0.15, 0.2) is 0 Å². The van der Waals surface area contributed by atoms with Gasteiger partial charge in [0.2, 0.25) is 10.0 Å². The van der Waals surface area contributed by atoms with Crippen molar-refractivity contribution in [2.75, 3.05) is 31.8 Å². The molecule has 1 atom stereocenters. The molecule has 0 amide bonds. The summed E-state index contributed by atoms with van der Waals surface area (Å²) in [5, 5.41) is 14.1. The molecule has 1 aromatic heterocycles. The zero-order valence-corrected chi connectivity index (χ0v) is 16.2. The summed E-state index contributed by atoms with van der Waals surface area (Å²) in [4.78, 5) is 8.31. The number of piperidine rings is 1. The molecule has 0 spiro atoms. The summed E-state index contributed by atoms with van der Waals surface area (Å²) in [6.07, 6.45) is 4.65.